The van der Waals surface area contributed by atoms with E-state index in [4.69, 9.17) is 21.1 Å². The van der Waals surface area contributed by atoms with E-state index in [1.165, 1.54) is 24.5 Å². The molecule has 1 heterocycles. The monoisotopic (exact) mass is 466 g/mol. The summed E-state index contributed by atoms with van der Waals surface area (Å²) in [5.41, 5.74) is 1.59. The number of anilines is 1. The fourth-order valence-corrected chi connectivity index (χ4v) is 3.35. The lowest BCUT2D eigenvalue weighted by molar-refractivity contribution is -0.112. The normalized spacial score (nSPS) is 10.5. The van der Waals surface area contributed by atoms with E-state index < -0.39 is 11.7 Å². The summed E-state index contributed by atoms with van der Waals surface area (Å²) in [7, 11) is 0. The Hall–Kier alpha value is -3.38. The number of ether oxygens (including phenoxy) is 2. The molecule has 0 aliphatic rings. The second-order valence-corrected chi connectivity index (χ2v) is 7.74. The number of alkyl halides is 1. The van der Waals surface area contributed by atoms with E-state index in [-0.39, 0.29) is 12.2 Å². The Morgan fingerprint density at radius 3 is 2.30 bits per heavy atom. The van der Waals surface area contributed by atoms with Gasteiger partial charge in [0, 0.05) is 29.4 Å². The number of nitrogens with one attached hydrogen (secondary N) is 1. The van der Waals surface area contributed by atoms with Crippen molar-refractivity contribution < 1.29 is 19.1 Å². The molecule has 0 aliphatic carbocycles. The predicted octanol–water partition coefficient (Wildman–Crippen LogP) is 5.66. The van der Waals surface area contributed by atoms with Gasteiger partial charge in [-0.05, 0) is 43.2 Å². The maximum absolute atomic E-state index is 12.4. The lowest BCUT2D eigenvalue weighted by atomic mass is 10.1. The van der Waals surface area contributed by atoms with Crippen LogP contribution in [0.15, 0.2) is 73.1 Å². The fraction of sp³-hybridized carbons (Fsp3) is 0.269. The number of hydrogen-bond acceptors (Lipinski definition) is 5. The van der Waals surface area contributed by atoms with E-state index in [1.807, 2.05) is 24.3 Å². The predicted molar refractivity (Wildman–Crippen MR) is 129 cm³/mol. The molecule has 1 N–H and O–H groups in total. The summed E-state index contributed by atoms with van der Waals surface area (Å²) < 4.78 is 11.9. The van der Waals surface area contributed by atoms with E-state index in [0.717, 1.165) is 37.0 Å². The van der Waals surface area contributed by atoms with Crippen molar-refractivity contribution in [3.05, 3.63) is 84.2 Å². The Bertz CT molecular complexity index is 1040. The first-order valence-corrected chi connectivity index (χ1v) is 11.5. The van der Waals surface area contributed by atoms with Crippen molar-refractivity contribution in [1.82, 2.24) is 4.98 Å². The van der Waals surface area contributed by atoms with Crippen LogP contribution in [-0.4, -0.2) is 29.2 Å². The van der Waals surface area contributed by atoms with Gasteiger partial charge in [-0.2, -0.15) is 0 Å². The standard InChI is InChI=1S/C26H27ClN2O4/c27-15-7-1-2-8-18-32-23-11-5-3-9-21(23)19-33-24-12-6-4-10-22(24)29-26(31)25(30)20-13-16-28-17-14-20/h3-6,9-14,16-17H,1-2,7-8,15,18-19H2,(H,29,31). The molecule has 1 aromatic heterocycles. The van der Waals surface area contributed by atoms with Gasteiger partial charge in [-0.1, -0.05) is 43.2 Å². The number of carbonyl (C=O) groups excluding carboxylic acids is 2. The van der Waals surface area contributed by atoms with Gasteiger partial charge in [0.1, 0.15) is 18.1 Å². The summed E-state index contributed by atoms with van der Waals surface area (Å²) in [4.78, 5) is 28.7. The van der Waals surface area contributed by atoms with Crippen LogP contribution < -0.4 is 14.8 Å². The number of ketones is 1. The zero-order valence-corrected chi connectivity index (χ0v) is 19.1. The van der Waals surface area contributed by atoms with Gasteiger partial charge in [-0.25, -0.2) is 0 Å². The molecule has 172 valence electrons. The van der Waals surface area contributed by atoms with E-state index in [0.29, 0.717) is 23.9 Å². The van der Waals surface area contributed by atoms with E-state index in [1.54, 1.807) is 24.3 Å². The lowest BCUT2D eigenvalue weighted by Gasteiger charge is -2.15. The first kappa shape index (κ1) is 24.3. The van der Waals surface area contributed by atoms with Crippen LogP contribution in [0.5, 0.6) is 11.5 Å². The maximum atomic E-state index is 12.4. The molecule has 0 saturated carbocycles. The molecule has 1 amide bonds. The van der Waals surface area contributed by atoms with Gasteiger partial charge in [0.25, 0.3) is 11.7 Å². The number of rotatable bonds is 13. The van der Waals surface area contributed by atoms with Crippen LogP contribution in [0, 0.1) is 0 Å². The van der Waals surface area contributed by atoms with Crippen LogP contribution in [0.4, 0.5) is 5.69 Å². The van der Waals surface area contributed by atoms with Crippen molar-refractivity contribution in [2.75, 3.05) is 17.8 Å². The van der Waals surface area contributed by atoms with Gasteiger partial charge in [0.05, 0.1) is 12.3 Å². The number of carbonyl (C=O) groups is 2. The molecule has 33 heavy (non-hydrogen) atoms. The Morgan fingerprint density at radius 1 is 0.818 bits per heavy atom. The molecule has 0 spiro atoms. The number of pyridine rings is 1. The summed E-state index contributed by atoms with van der Waals surface area (Å²) in [6.45, 7) is 0.886. The first-order valence-electron chi connectivity index (χ1n) is 10.9. The average molecular weight is 467 g/mol. The zero-order chi connectivity index (χ0) is 23.3. The molecule has 3 rings (SSSR count). The molecule has 3 aromatic rings. The molecule has 0 unspecified atom stereocenters. The minimum atomic E-state index is -0.741. The van der Waals surface area contributed by atoms with Crippen molar-refractivity contribution >= 4 is 29.0 Å². The molecule has 2 aromatic carbocycles. The molecule has 7 heteroatoms. The van der Waals surface area contributed by atoms with Crippen molar-refractivity contribution in [2.45, 2.75) is 32.3 Å². The highest BCUT2D eigenvalue weighted by Gasteiger charge is 2.18. The third-order valence-corrected chi connectivity index (χ3v) is 5.19. The van der Waals surface area contributed by atoms with Gasteiger partial charge in [-0.15, -0.1) is 11.6 Å². The number of benzene rings is 2. The average Bonchev–Trinajstić information content (AvgIpc) is 2.86. The fourth-order valence-electron chi connectivity index (χ4n) is 3.16. The smallest absolute Gasteiger partial charge is 0.296 e. The highest BCUT2D eigenvalue weighted by Crippen LogP contribution is 2.27. The SMILES string of the molecule is O=C(Nc1ccccc1OCc1ccccc1OCCCCCCCl)C(=O)c1ccncc1. The number of halogens is 1. The topological polar surface area (TPSA) is 77.5 Å². The maximum Gasteiger partial charge on any atom is 0.296 e. The van der Waals surface area contributed by atoms with Gasteiger partial charge >= 0.3 is 0 Å². The Labute approximate surface area is 198 Å². The molecule has 6 nitrogen and oxygen atoms in total. The highest BCUT2D eigenvalue weighted by molar-refractivity contribution is 6.46. The van der Waals surface area contributed by atoms with Gasteiger partial charge in [0.15, 0.2) is 0 Å². The van der Waals surface area contributed by atoms with Crippen LogP contribution in [0.2, 0.25) is 0 Å². The van der Waals surface area contributed by atoms with Gasteiger partial charge in [0.2, 0.25) is 0 Å². The number of Topliss-reactive ketones (excluding diaryl/α,β-unsaturated/α-hetero) is 1. The first-order chi connectivity index (χ1) is 16.2. The van der Waals surface area contributed by atoms with Crippen molar-refractivity contribution in [1.29, 1.82) is 0 Å². The Kier molecular flexibility index (Phi) is 9.73. The molecule has 0 radical (unpaired) electrons. The second-order valence-electron chi connectivity index (χ2n) is 7.36. The summed E-state index contributed by atoms with van der Waals surface area (Å²) >= 11 is 5.71. The van der Waals surface area contributed by atoms with Gasteiger partial charge in [-0.3, -0.25) is 14.6 Å². The van der Waals surface area contributed by atoms with Crippen molar-refractivity contribution in [3.63, 3.8) is 0 Å². The number of unbranched alkanes of at least 4 members (excludes halogenated alkanes) is 3. The third-order valence-electron chi connectivity index (χ3n) is 4.93. The van der Waals surface area contributed by atoms with E-state index in [2.05, 4.69) is 10.3 Å². The summed E-state index contributed by atoms with van der Waals surface area (Å²) in [5.74, 6) is 0.543. The summed E-state index contributed by atoms with van der Waals surface area (Å²) in [5, 5.41) is 2.64. The number of aromatic nitrogens is 1. The summed E-state index contributed by atoms with van der Waals surface area (Å²) in [6, 6.07) is 17.7. The quantitative estimate of drug-likeness (QED) is 0.152. The molecule has 0 aliphatic heterocycles. The van der Waals surface area contributed by atoms with Crippen molar-refractivity contribution in [3.8, 4) is 11.5 Å². The minimum absolute atomic E-state index is 0.258. The van der Waals surface area contributed by atoms with E-state index >= 15 is 0 Å². The molecule has 0 fully saturated rings. The number of para-hydroxylation sites is 3. The van der Waals surface area contributed by atoms with Crippen LogP contribution in [0.3, 0.4) is 0 Å². The second kappa shape index (κ2) is 13.2. The molecular weight excluding hydrogens is 440 g/mol. The molecular formula is C26H27ClN2O4. The Morgan fingerprint density at radius 2 is 1.52 bits per heavy atom. The molecule has 0 atom stereocenters. The van der Waals surface area contributed by atoms with Crippen LogP contribution in [0.25, 0.3) is 0 Å². The van der Waals surface area contributed by atoms with E-state index in [9.17, 15) is 9.59 Å². The van der Waals surface area contributed by atoms with Crippen LogP contribution >= 0.6 is 11.6 Å². The zero-order valence-electron chi connectivity index (χ0n) is 18.3. The third kappa shape index (κ3) is 7.61. The largest absolute Gasteiger partial charge is 0.493 e. The highest BCUT2D eigenvalue weighted by atomic mass is 35.5. The van der Waals surface area contributed by atoms with Gasteiger partial charge < -0.3 is 14.8 Å². The number of amides is 1. The molecule has 0 bridgehead atoms. The molecule has 0 saturated heterocycles. The lowest BCUT2D eigenvalue weighted by Crippen LogP contribution is -2.23. The van der Waals surface area contributed by atoms with Crippen molar-refractivity contribution in [2.24, 2.45) is 0 Å². The van der Waals surface area contributed by atoms with Crippen LogP contribution in [-0.2, 0) is 11.4 Å². The number of hydrogen-bond donors (Lipinski definition) is 1. The van der Waals surface area contributed by atoms with Crippen LogP contribution in [0.1, 0.15) is 41.6 Å². The summed E-state index contributed by atoms with van der Waals surface area (Å²) in [6.07, 6.45) is 7.11. The minimum Gasteiger partial charge on any atom is -0.493 e. The number of nitrogens with zero attached hydrogens (tertiary/aromatic N) is 1. The Balaban J connectivity index is 1.59.